The zero-order valence-corrected chi connectivity index (χ0v) is 25.8. The van der Waals surface area contributed by atoms with Gasteiger partial charge in [-0.3, -0.25) is 9.59 Å². The Hall–Kier alpha value is -3.11. The van der Waals surface area contributed by atoms with Gasteiger partial charge in [0.25, 0.3) is 6.47 Å². The van der Waals surface area contributed by atoms with Crippen molar-refractivity contribution in [2.45, 2.75) is 68.2 Å². The number of methoxy groups -OCH3 is 1. The number of esters is 1. The average molecular weight is 568 g/mol. The fourth-order valence-corrected chi connectivity index (χ4v) is 3.59. The first-order valence-electron chi connectivity index (χ1n) is 12.8. The van der Waals surface area contributed by atoms with Crippen LogP contribution in [-0.4, -0.2) is 47.4 Å². The van der Waals surface area contributed by atoms with Crippen molar-refractivity contribution >= 4 is 22.5 Å². The molecular weight excluding hydrogens is 522 g/mol. The van der Waals surface area contributed by atoms with Gasteiger partial charge >= 0.3 is 5.97 Å². The van der Waals surface area contributed by atoms with E-state index >= 15 is 0 Å². The summed E-state index contributed by atoms with van der Waals surface area (Å²) >= 11 is 0. The molecular formula is C29H45NO8S. The minimum Gasteiger partial charge on any atom is -0.496 e. The highest BCUT2D eigenvalue weighted by molar-refractivity contribution is 7.89. The minimum atomic E-state index is -2.91. The quantitative estimate of drug-likeness (QED) is 0.138. The van der Waals surface area contributed by atoms with Gasteiger partial charge in [-0.2, -0.15) is 0 Å². The maximum atomic E-state index is 11.4. The zero-order valence-electron chi connectivity index (χ0n) is 25.0. The van der Waals surface area contributed by atoms with E-state index in [1.807, 2.05) is 39.0 Å². The molecule has 0 saturated carbocycles. The highest BCUT2D eigenvalue weighted by Crippen LogP contribution is 2.35. The Morgan fingerprint density at radius 3 is 2.21 bits per heavy atom. The molecule has 0 amide bonds. The molecule has 0 aliphatic carbocycles. The van der Waals surface area contributed by atoms with Gasteiger partial charge in [-0.1, -0.05) is 31.6 Å². The molecule has 1 N–H and O–H groups in total. The van der Waals surface area contributed by atoms with Gasteiger partial charge in [0, 0.05) is 18.1 Å². The summed E-state index contributed by atoms with van der Waals surface area (Å²) in [6.45, 7) is 15.1. The fourth-order valence-electron chi connectivity index (χ4n) is 3.30. The van der Waals surface area contributed by atoms with Gasteiger partial charge in [0.1, 0.15) is 18.1 Å². The predicted molar refractivity (Wildman–Crippen MR) is 154 cm³/mol. The first kappa shape index (κ1) is 35.9. The Kier molecular flexibility index (Phi) is 16.8. The topological polar surface area (TPSA) is 117 Å². The lowest BCUT2D eigenvalue weighted by atomic mass is 9.99. The van der Waals surface area contributed by atoms with E-state index in [1.54, 1.807) is 27.0 Å². The lowest BCUT2D eigenvalue weighted by Gasteiger charge is -2.20. The van der Waals surface area contributed by atoms with Crippen molar-refractivity contribution in [1.29, 1.82) is 0 Å². The van der Waals surface area contributed by atoms with Crippen LogP contribution in [0.4, 0.5) is 0 Å². The average Bonchev–Trinajstić information content (AvgIpc) is 2.88. The molecule has 0 heterocycles. The van der Waals surface area contributed by atoms with Crippen LogP contribution in [0.5, 0.6) is 11.5 Å². The van der Waals surface area contributed by atoms with E-state index in [4.69, 9.17) is 18.9 Å². The van der Waals surface area contributed by atoms with Crippen molar-refractivity contribution in [2.75, 3.05) is 26.5 Å². The third kappa shape index (κ3) is 13.5. The molecule has 1 aromatic carbocycles. The third-order valence-electron chi connectivity index (χ3n) is 5.38. The molecule has 0 radical (unpaired) electrons. The minimum absolute atomic E-state index is 0.0297. The van der Waals surface area contributed by atoms with Crippen molar-refractivity contribution in [3.05, 3.63) is 58.1 Å². The Morgan fingerprint density at radius 2 is 1.79 bits per heavy atom. The summed E-state index contributed by atoms with van der Waals surface area (Å²) in [5.41, 5.74) is 3.47. The fraction of sp³-hybridized carbons (Fsp3) is 0.517. The molecule has 0 spiro atoms. The molecule has 0 saturated heterocycles. The molecule has 39 heavy (non-hydrogen) atoms. The number of carbonyl (C=O) groups excluding carboxylic acids is 2. The number of rotatable bonds is 14. The Bertz CT molecular complexity index is 1130. The molecule has 0 fully saturated rings. The second kappa shape index (κ2) is 18.2. The van der Waals surface area contributed by atoms with Gasteiger partial charge in [0.15, 0.2) is 11.5 Å². The van der Waals surface area contributed by atoms with E-state index < -0.39 is 16.0 Å². The molecule has 220 valence electrons. The van der Waals surface area contributed by atoms with E-state index in [-0.39, 0.29) is 18.1 Å². The molecule has 1 aromatic rings. The maximum absolute atomic E-state index is 11.4. The number of allylic oxidation sites excluding steroid dienone is 2. The number of carbonyl (C=O) groups is 2. The van der Waals surface area contributed by atoms with Crippen LogP contribution in [0.2, 0.25) is 0 Å². The highest BCUT2D eigenvalue weighted by atomic mass is 32.2. The summed E-state index contributed by atoms with van der Waals surface area (Å²) in [5, 5.41) is 0. The summed E-state index contributed by atoms with van der Waals surface area (Å²) in [4.78, 5) is 22.6. The lowest BCUT2D eigenvalue weighted by Crippen LogP contribution is -2.19. The van der Waals surface area contributed by atoms with Crippen molar-refractivity contribution in [1.82, 2.24) is 4.72 Å². The van der Waals surface area contributed by atoms with E-state index in [1.165, 1.54) is 14.0 Å². The zero-order chi connectivity index (χ0) is 30.2. The number of aryl methyl sites for hydroxylation is 1. The van der Waals surface area contributed by atoms with Gasteiger partial charge in [-0.15, -0.1) is 0 Å². The summed E-state index contributed by atoms with van der Waals surface area (Å²) in [6, 6.07) is 3.87. The number of sulfonamides is 1. The van der Waals surface area contributed by atoms with E-state index in [2.05, 4.69) is 18.6 Å². The number of hydrogen-bond acceptors (Lipinski definition) is 8. The predicted octanol–water partition coefficient (Wildman–Crippen LogP) is 5.39. The Labute approximate surface area is 234 Å². The summed E-state index contributed by atoms with van der Waals surface area (Å²) in [6.07, 6.45) is 5.40. The van der Waals surface area contributed by atoms with Crippen molar-refractivity contribution in [2.24, 2.45) is 5.92 Å². The second-order valence-corrected chi connectivity index (χ2v) is 11.5. The molecule has 0 bridgehead atoms. The van der Waals surface area contributed by atoms with Crippen LogP contribution in [0.15, 0.2) is 46.9 Å². The van der Waals surface area contributed by atoms with E-state index in [0.29, 0.717) is 29.5 Å². The van der Waals surface area contributed by atoms with Crippen LogP contribution in [0.3, 0.4) is 0 Å². The second-order valence-electron chi connectivity index (χ2n) is 9.25. The number of hydrogen-bond donors (Lipinski definition) is 1. The van der Waals surface area contributed by atoms with Crippen LogP contribution < -0.4 is 14.2 Å². The molecule has 9 nitrogen and oxygen atoms in total. The highest BCUT2D eigenvalue weighted by Gasteiger charge is 2.20. The summed E-state index contributed by atoms with van der Waals surface area (Å²) in [7, 11) is 0.137. The Morgan fingerprint density at radius 1 is 1.15 bits per heavy atom. The maximum Gasteiger partial charge on any atom is 0.302 e. The first-order chi connectivity index (χ1) is 18.3. The SMILES string of the molecule is C/C=C(OC=O)\C(Oc1ccc(CCC(C)C)c(OC)c1C)=C(/C=C(C)C)COC(C)=O.CCS(=O)(=O)NC. The van der Waals surface area contributed by atoms with Gasteiger partial charge in [-0.05, 0) is 78.1 Å². The van der Waals surface area contributed by atoms with E-state index in [9.17, 15) is 18.0 Å². The molecule has 0 atom stereocenters. The summed E-state index contributed by atoms with van der Waals surface area (Å²) in [5.74, 6) is 2.16. The van der Waals surface area contributed by atoms with Crippen molar-refractivity contribution in [3.8, 4) is 11.5 Å². The normalized spacial score (nSPS) is 12.0. The van der Waals surface area contributed by atoms with Crippen LogP contribution in [-0.2, 0) is 35.5 Å². The van der Waals surface area contributed by atoms with Gasteiger partial charge < -0.3 is 18.9 Å². The number of nitrogens with one attached hydrogen (secondary N) is 1. The lowest BCUT2D eigenvalue weighted by molar-refractivity contribution is -0.140. The largest absolute Gasteiger partial charge is 0.496 e. The number of benzene rings is 1. The molecule has 0 aromatic heterocycles. The van der Waals surface area contributed by atoms with Crippen LogP contribution in [0.25, 0.3) is 0 Å². The summed E-state index contributed by atoms with van der Waals surface area (Å²) < 4.78 is 45.1. The van der Waals surface area contributed by atoms with Crippen molar-refractivity contribution < 1.29 is 37.0 Å². The third-order valence-corrected chi connectivity index (χ3v) is 6.76. The van der Waals surface area contributed by atoms with Gasteiger partial charge in [0.05, 0.1) is 12.9 Å². The molecule has 1 rings (SSSR count). The van der Waals surface area contributed by atoms with Crippen molar-refractivity contribution in [3.63, 3.8) is 0 Å². The van der Waals surface area contributed by atoms with Crippen LogP contribution >= 0.6 is 0 Å². The smallest absolute Gasteiger partial charge is 0.302 e. The van der Waals surface area contributed by atoms with Crippen LogP contribution in [0, 0.1) is 12.8 Å². The first-order valence-corrected chi connectivity index (χ1v) is 14.5. The molecule has 0 unspecified atom stereocenters. The van der Waals surface area contributed by atoms with Crippen LogP contribution in [0.1, 0.15) is 66.0 Å². The molecule has 10 heteroatoms. The molecule has 0 aliphatic rings. The molecule has 0 aliphatic heterocycles. The van der Waals surface area contributed by atoms with Gasteiger partial charge in [0.2, 0.25) is 10.0 Å². The standard InChI is InChI=1S/C26H36O6.C3H9NO2S/c1-9-23(31-16-27)26(22(14-18(4)5)15-30-20(7)28)32-24-13-12-21(11-10-17(2)3)25(29-8)19(24)6;1-3-7(5,6)4-2/h9,12-14,16-17H,10-11,15H2,1-8H3;4H,3H2,1-2H3/b23-9+,26-22-;. The monoisotopic (exact) mass is 567 g/mol. The van der Waals surface area contributed by atoms with Gasteiger partial charge in [-0.25, -0.2) is 13.1 Å². The van der Waals surface area contributed by atoms with E-state index in [0.717, 1.165) is 35.3 Å². The number of ether oxygens (including phenoxy) is 4. The Balaban J connectivity index is 0.00000181.